The molecule has 0 aromatic heterocycles. The molecule has 9 heteroatoms. The van der Waals surface area contributed by atoms with Gasteiger partial charge in [-0.2, -0.15) is 0 Å². The molecular formula is C13H21N3O5S. The van der Waals surface area contributed by atoms with E-state index in [1.54, 1.807) is 6.08 Å². The van der Waals surface area contributed by atoms with Crippen LogP contribution in [0.3, 0.4) is 0 Å². The predicted molar refractivity (Wildman–Crippen MR) is 82.1 cm³/mol. The average Bonchev–Trinajstić information content (AvgIpc) is 2.71. The molecule has 0 radical (unpaired) electrons. The van der Waals surface area contributed by atoms with Gasteiger partial charge in [0, 0.05) is 12.1 Å². The van der Waals surface area contributed by atoms with Crippen LogP contribution in [0.1, 0.15) is 27.2 Å². The molecule has 0 bridgehead atoms. The number of hydrogen-bond acceptors (Lipinski definition) is 6. The molecule has 124 valence electrons. The predicted octanol–water partition coefficient (Wildman–Crippen LogP) is 1.40. The zero-order chi connectivity index (χ0) is 16.9. The lowest BCUT2D eigenvalue weighted by molar-refractivity contribution is -0.431. The average molecular weight is 331 g/mol. The summed E-state index contributed by atoms with van der Waals surface area (Å²) in [5, 5.41) is 20.1. The molecule has 1 aliphatic carbocycles. The molecule has 0 spiro atoms. The number of likely N-dealkylation sites (N-methyl/N-ethyl adjacent to an activating group) is 1. The van der Waals surface area contributed by atoms with E-state index in [4.69, 9.17) is 5.21 Å². The van der Waals surface area contributed by atoms with Crippen LogP contribution in [0.25, 0.3) is 0 Å². The van der Waals surface area contributed by atoms with E-state index in [1.165, 1.54) is 17.0 Å². The standard InChI is InChI=1S/C13H21N3O5S/c1-4-10(3)15(5-2)12-8-6-7-11(22(20,21)14-17)9-13(12)16(18)19/h6-10,12,14,17H,4-5H2,1-3H3. The Kier molecular flexibility index (Phi) is 6.42. The topological polar surface area (TPSA) is 113 Å². The fraction of sp³-hybridized carbons (Fsp3) is 0.538. The van der Waals surface area contributed by atoms with E-state index in [0.29, 0.717) is 6.54 Å². The van der Waals surface area contributed by atoms with Crippen molar-refractivity contribution in [2.75, 3.05) is 6.54 Å². The second kappa shape index (κ2) is 7.63. The van der Waals surface area contributed by atoms with Crippen LogP contribution in [0.4, 0.5) is 0 Å². The largest absolute Gasteiger partial charge is 0.302 e. The summed E-state index contributed by atoms with van der Waals surface area (Å²) in [6.07, 6.45) is 6.04. The summed E-state index contributed by atoms with van der Waals surface area (Å²) in [7, 11) is -4.18. The van der Waals surface area contributed by atoms with Crippen molar-refractivity contribution < 1.29 is 18.5 Å². The normalized spacial score (nSPS) is 20.3. The van der Waals surface area contributed by atoms with Crippen LogP contribution in [-0.2, 0) is 10.0 Å². The van der Waals surface area contributed by atoms with Gasteiger partial charge in [0.15, 0.2) is 0 Å². The summed E-state index contributed by atoms with van der Waals surface area (Å²) in [6.45, 7) is 6.41. The van der Waals surface area contributed by atoms with Crippen LogP contribution in [-0.4, -0.2) is 42.1 Å². The molecule has 0 saturated carbocycles. The second-order valence-corrected chi connectivity index (χ2v) is 6.57. The molecular weight excluding hydrogens is 310 g/mol. The minimum Gasteiger partial charge on any atom is -0.302 e. The highest BCUT2D eigenvalue weighted by molar-refractivity contribution is 7.93. The molecule has 2 atom stereocenters. The first-order chi connectivity index (χ1) is 10.3. The lowest BCUT2D eigenvalue weighted by atomic mass is 10.1. The third kappa shape index (κ3) is 4.01. The summed E-state index contributed by atoms with van der Waals surface area (Å²) < 4.78 is 23.3. The van der Waals surface area contributed by atoms with Crippen molar-refractivity contribution in [2.24, 2.45) is 0 Å². The van der Waals surface area contributed by atoms with Crippen LogP contribution < -0.4 is 4.89 Å². The van der Waals surface area contributed by atoms with Crippen molar-refractivity contribution in [1.29, 1.82) is 0 Å². The highest BCUT2D eigenvalue weighted by atomic mass is 32.2. The third-order valence-corrected chi connectivity index (χ3v) is 4.78. The highest BCUT2D eigenvalue weighted by Gasteiger charge is 2.33. The van der Waals surface area contributed by atoms with Gasteiger partial charge in [-0.3, -0.25) is 15.0 Å². The maximum absolute atomic E-state index is 11.7. The van der Waals surface area contributed by atoms with Crippen LogP contribution in [0, 0.1) is 10.1 Å². The lowest BCUT2D eigenvalue weighted by Gasteiger charge is -2.31. The van der Waals surface area contributed by atoms with Gasteiger partial charge in [-0.15, -0.1) is 0 Å². The Hall–Kier alpha value is -1.55. The van der Waals surface area contributed by atoms with E-state index in [1.807, 2.05) is 25.7 Å². The molecule has 0 saturated heterocycles. The molecule has 2 unspecified atom stereocenters. The zero-order valence-corrected chi connectivity index (χ0v) is 13.6. The lowest BCUT2D eigenvalue weighted by Crippen LogP contribution is -2.43. The van der Waals surface area contributed by atoms with E-state index in [-0.39, 0.29) is 16.6 Å². The van der Waals surface area contributed by atoms with Gasteiger partial charge in [0.2, 0.25) is 0 Å². The van der Waals surface area contributed by atoms with Crippen LogP contribution in [0.15, 0.2) is 34.9 Å². The zero-order valence-electron chi connectivity index (χ0n) is 12.8. The number of nitrogens with zero attached hydrogens (tertiary/aromatic N) is 2. The molecule has 22 heavy (non-hydrogen) atoms. The molecule has 1 aliphatic rings. The molecule has 0 heterocycles. The van der Waals surface area contributed by atoms with Gasteiger partial charge in [-0.1, -0.05) is 30.9 Å². The molecule has 0 fully saturated rings. The van der Waals surface area contributed by atoms with Crippen molar-refractivity contribution >= 4 is 10.0 Å². The summed E-state index contributed by atoms with van der Waals surface area (Å²) in [5.41, 5.74) is -0.249. The molecule has 8 nitrogen and oxygen atoms in total. The number of nitrogens with one attached hydrogen (secondary N) is 1. The monoisotopic (exact) mass is 331 g/mol. The van der Waals surface area contributed by atoms with Crippen LogP contribution in [0.2, 0.25) is 0 Å². The SMILES string of the molecule is CCC(C)N(CC)C1C=CC=C(S(=O)(=O)NO)C=C1[N+](=O)[O-]. The van der Waals surface area contributed by atoms with Gasteiger partial charge >= 0.3 is 0 Å². The Morgan fingerprint density at radius 2 is 2.14 bits per heavy atom. The van der Waals surface area contributed by atoms with Crippen LogP contribution in [0.5, 0.6) is 0 Å². The molecule has 0 aliphatic heterocycles. The smallest absolute Gasteiger partial charge is 0.268 e. The molecule has 2 N–H and O–H groups in total. The number of hydrogen-bond donors (Lipinski definition) is 2. The van der Waals surface area contributed by atoms with E-state index in [0.717, 1.165) is 12.5 Å². The van der Waals surface area contributed by atoms with Gasteiger partial charge in [0.05, 0.1) is 9.83 Å². The van der Waals surface area contributed by atoms with Gasteiger partial charge in [-0.05, 0) is 26.0 Å². The fourth-order valence-corrected chi connectivity index (χ4v) is 2.95. The molecule has 0 aromatic carbocycles. The first kappa shape index (κ1) is 18.5. The van der Waals surface area contributed by atoms with Crippen molar-refractivity contribution in [1.82, 2.24) is 9.79 Å². The van der Waals surface area contributed by atoms with E-state index in [2.05, 4.69) is 0 Å². The Labute approximate surface area is 130 Å². The number of allylic oxidation sites excluding steroid dienone is 3. The summed E-state index contributed by atoms with van der Waals surface area (Å²) in [4.78, 5) is 13.5. The summed E-state index contributed by atoms with van der Waals surface area (Å²) >= 11 is 0. The molecule has 1 rings (SSSR count). The fourth-order valence-electron chi connectivity index (χ4n) is 2.31. The van der Waals surface area contributed by atoms with Gasteiger partial charge < -0.3 is 5.21 Å². The van der Waals surface area contributed by atoms with E-state index < -0.39 is 21.0 Å². The summed E-state index contributed by atoms with van der Waals surface area (Å²) in [6, 6.07) is -0.547. The van der Waals surface area contributed by atoms with Gasteiger partial charge in [0.1, 0.15) is 6.04 Å². The van der Waals surface area contributed by atoms with Gasteiger partial charge in [0.25, 0.3) is 15.7 Å². The first-order valence-corrected chi connectivity index (χ1v) is 8.42. The maximum Gasteiger partial charge on any atom is 0.268 e. The molecule has 0 amide bonds. The Balaban J connectivity index is 3.35. The first-order valence-electron chi connectivity index (χ1n) is 6.94. The minimum absolute atomic E-state index is 0.0946. The second-order valence-electron chi connectivity index (χ2n) is 4.91. The Bertz CT molecular complexity index is 609. The Morgan fingerprint density at radius 3 is 2.59 bits per heavy atom. The molecule has 0 aromatic rings. The van der Waals surface area contributed by atoms with E-state index >= 15 is 0 Å². The highest BCUT2D eigenvalue weighted by Crippen LogP contribution is 2.23. The summed E-state index contributed by atoms with van der Waals surface area (Å²) in [5.74, 6) is 0. The maximum atomic E-state index is 11.7. The Morgan fingerprint density at radius 1 is 1.50 bits per heavy atom. The van der Waals surface area contributed by atoms with Gasteiger partial charge in [-0.25, -0.2) is 8.42 Å². The van der Waals surface area contributed by atoms with Crippen molar-refractivity contribution in [3.8, 4) is 0 Å². The minimum atomic E-state index is -4.18. The number of sulfonamides is 1. The quantitative estimate of drug-likeness (QED) is 0.538. The van der Waals surface area contributed by atoms with E-state index in [9.17, 15) is 18.5 Å². The van der Waals surface area contributed by atoms with Crippen LogP contribution >= 0.6 is 0 Å². The van der Waals surface area contributed by atoms with Crippen molar-refractivity contribution in [3.05, 3.63) is 45.0 Å². The number of rotatable bonds is 7. The van der Waals surface area contributed by atoms with Crippen molar-refractivity contribution in [2.45, 2.75) is 39.3 Å². The third-order valence-electron chi connectivity index (χ3n) is 3.67. The number of nitro groups is 1. The van der Waals surface area contributed by atoms with Crippen molar-refractivity contribution in [3.63, 3.8) is 0 Å².